The third-order valence-corrected chi connectivity index (χ3v) is 1.91. The molecule has 0 spiro atoms. The first kappa shape index (κ1) is 8.55. The first-order valence-electron chi connectivity index (χ1n) is 2.99. The number of halogens is 2. The Morgan fingerprint density at radius 3 is 2.91 bits per heavy atom. The minimum absolute atomic E-state index is 0.0524. The summed E-state index contributed by atoms with van der Waals surface area (Å²) in [6, 6.07) is 0. The summed E-state index contributed by atoms with van der Waals surface area (Å²) in [5.41, 5.74) is 0. The van der Waals surface area contributed by atoms with E-state index in [-0.39, 0.29) is 6.61 Å². The maximum absolute atomic E-state index is 11.5. The van der Waals surface area contributed by atoms with E-state index in [2.05, 4.69) is 9.72 Å². The molecule has 1 aromatic heterocycles. The average Bonchev–Trinajstić information content (AvgIpc) is 2.31. The second kappa shape index (κ2) is 3.73. The van der Waals surface area contributed by atoms with Gasteiger partial charge in [-0.25, -0.2) is 4.98 Å². The van der Waals surface area contributed by atoms with Crippen LogP contribution in [0, 0.1) is 6.92 Å². The number of alkyl halides is 2. The molecule has 0 saturated carbocycles. The number of aryl methyl sites for hydroxylation is 1. The zero-order chi connectivity index (χ0) is 8.27. The Kier molecular flexibility index (Phi) is 2.90. The number of rotatable bonds is 3. The minimum Gasteiger partial charge on any atom is -0.317 e. The van der Waals surface area contributed by atoms with Crippen molar-refractivity contribution in [3.05, 3.63) is 16.1 Å². The van der Waals surface area contributed by atoms with Gasteiger partial charge < -0.3 is 4.74 Å². The summed E-state index contributed by atoms with van der Waals surface area (Å²) in [4.78, 5) is 4.61. The van der Waals surface area contributed by atoms with E-state index >= 15 is 0 Å². The molecule has 0 aliphatic rings. The predicted molar refractivity (Wildman–Crippen MR) is 37.6 cm³/mol. The van der Waals surface area contributed by atoms with Crippen molar-refractivity contribution in [1.29, 1.82) is 0 Å². The van der Waals surface area contributed by atoms with Gasteiger partial charge in [0.25, 0.3) is 0 Å². The Morgan fingerprint density at radius 1 is 1.73 bits per heavy atom. The van der Waals surface area contributed by atoms with Gasteiger partial charge in [-0.3, -0.25) is 0 Å². The van der Waals surface area contributed by atoms with Crippen LogP contribution >= 0.6 is 11.3 Å². The van der Waals surface area contributed by atoms with E-state index in [1.54, 1.807) is 6.20 Å². The van der Waals surface area contributed by atoms with Gasteiger partial charge in [-0.15, -0.1) is 11.3 Å². The lowest BCUT2D eigenvalue weighted by Gasteiger charge is -1.97. The lowest BCUT2D eigenvalue weighted by Crippen LogP contribution is -1.97. The van der Waals surface area contributed by atoms with Crippen LogP contribution in [-0.2, 0) is 11.3 Å². The largest absolute Gasteiger partial charge is 0.345 e. The molecule has 0 bridgehead atoms. The van der Waals surface area contributed by atoms with E-state index < -0.39 is 6.61 Å². The highest BCUT2D eigenvalue weighted by Crippen LogP contribution is 2.13. The van der Waals surface area contributed by atoms with Crippen LogP contribution in [-0.4, -0.2) is 11.6 Å². The summed E-state index contributed by atoms with van der Waals surface area (Å²) >= 11 is 1.36. The summed E-state index contributed by atoms with van der Waals surface area (Å²) in [6.07, 6.45) is 1.54. The van der Waals surface area contributed by atoms with Crippen LogP contribution < -0.4 is 0 Å². The maximum atomic E-state index is 11.5. The number of aromatic nitrogens is 1. The van der Waals surface area contributed by atoms with Crippen LogP contribution in [0.25, 0.3) is 0 Å². The molecule has 0 aromatic carbocycles. The maximum Gasteiger partial charge on any atom is 0.345 e. The van der Waals surface area contributed by atoms with Gasteiger partial charge in [-0.05, 0) is 6.92 Å². The molecule has 0 aliphatic carbocycles. The van der Waals surface area contributed by atoms with Crippen molar-refractivity contribution in [2.75, 3.05) is 0 Å². The van der Waals surface area contributed by atoms with Crippen LogP contribution in [0.5, 0.6) is 0 Å². The fraction of sp³-hybridized carbons (Fsp3) is 0.500. The standard InChI is InChI=1S/C6H7F2NOS/c1-4-9-2-5(11-4)3-10-6(7)8/h2,6H,3H2,1H3. The molecule has 5 heteroatoms. The molecular weight excluding hydrogens is 172 g/mol. The van der Waals surface area contributed by atoms with Crippen molar-refractivity contribution in [1.82, 2.24) is 4.98 Å². The highest BCUT2D eigenvalue weighted by molar-refractivity contribution is 7.11. The molecule has 1 rings (SSSR count). The van der Waals surface area contributed by atoms with Crippen molar-refractivity contribution in [2.45, 2.75) is 20.1 Å². The average molecular weight is 179 g/mol. The van der Waals surface area contributed by atoms with Crippen molar-refractivity contribution in [2.24, 2.45) is 0 Å². The number of ether oxygens (including phenoxy) is 1. The van der Waals surface area contributed by atoms with E-state index in [9.17, 15) is 8.78 Å². The first-order chi connectivity index (χ1) is 5.18. The molecular formula is C6H7F2NOS. The van der Waals surface area contributed by atoms with Gasteiger partial charge in [0.05, 0.1) is 16.5 Å². The van der Waals surface area contributed by atoms with Gasteiger partial charge in [-0.1, -0.05) is 0 Å². The molecule has 0 amide bonds. The number of thiazole rings is 1. The van der Waals surface area contributed by atoms with Crippen LogP contribution in [0.2, 0.25) is 0 Å². The van der Waals surface area contributed by atoms with Crippen LogP contribution in [0.4, 0.5) is 8.78 Å². The third kappa shape index (κ3) is 2.90. The molecule has 0 unspecified atom stereocenters. The fourth-order valence-corrected chi connectivity index (χ4v) is 1.33. The Hall–Kier alpha value is -0.550. The topological polar surface area (TPSA) is 22.1 Å². The summed E-state index contributed by atoms with van der Waals surface area (Å²) in [5, 5.41) is 0.859. The van der Waals surface area contributed by atoms with E-state index in [1.165, 1.54) is 11.3 Å². The lowest BCUT2D eigenvalue weighted by molar-refractivity contribution is -0.136. The summed E-state index contributed by atoms with van der Waals surface area (Å²) in [7, 11) is 0. The van der Waals surface area contributed by atoms with E-state index in [4.69, 9.17) is 0 Å². The quantitative estimate of drug-likeness (QED) is 0.709. The van der Waals surface area contributed by atoms with Gasteiger partial charge in [0.2, 0.25) is 0 Å². The molecule has 62 valence electrons. The van der Waals surface area contributed by atoms with Crippen molar-refractivity contribution in [3.63, 3.8) is 0 Å². The van der Waals surface area contributed by atoms with Gasteiger partial charge in [0.15, 0.2) is 0 Å². The fourth-order valence-electron chi connectivity index (χ4n) is 0.617. The van der Waals surface area contributed by atoms with Crippen molar-refractivity contribution in [3.8, 4) is 0 Å². The monoisotopic (exact) mass is 179 g/mol. The minimum atomic E-state index is -2.70. The van der Waals surface area contributed by atoms with E-state index in [1.807, 2.05) is 6.92 Å². The SMILES string of the molecule is Cc1ncc(COC(F)F)s1. The van der Waals surface area contributed by atoms with Crippen LogP contribution in [0.1, 0.15) is 9.88 Å². The number of hydrogen-bond donors (Lipinski definition) is 0. The normalized spacial score (nSPS) is 10.9. The van der Waals surface area contributed by atoms with Crippen LogP contribution in [0.15, 0.2) is 6.20 Å². The molecule has 0 aliphatic heterocycles. The molecule has 2 nitrogen and oxygen atoms in total. The van der Waals surface area contributed by atoms with Crippen molar-refractivity contribution < 1.29 is 13.5 Å². The molecule has 1 heterocycles. The molecule has 0 radical (unpaired) electrons. The Bertz CT molecular complexity index is 226. The molecule has 1 aromatic rings. The highest BCUT2D eigenvalue weighted by atomic mass is 32.1. The lowest BCUT2D eigenvalue weighted by atomic mass is 10.6. The summed E-state index contributed by atoms with van der Waals surface area (Å²) in [5.74, 6) is 0. The third-order valence-electron chi connectivity index (χ3n) is 1.02. The van der Waals surface area contributed by atoms with Gasteiger partial charge in [0, 0.05) is 6.20 Å². The number of nitrogens with zero attached hydrogens (tertiary/aromatic N) is 1. The Labute approximate surface area is 66.8 Å². The second-order valence-corrected chi connectivity index (χ2v) is 3.24. The molecule has 0 N–H and O–H groups in total. The second-order valence-electron chi connectivity index (χ2n) is 1.92. The van der Waals surface area contributed by atoms with Gasteiger partial charge >= 0.3 is 6.61 Å². The molecule has 0 fully saturated rings. The van der Waals surface area contributed by atoms with E-state index in [0.717, 1.165) is 9.88 Å². The van der Waals surface area contributed by atoms with E-state index in [0.29, 0.717) is 0 Å². The molecule has 0 atom stereocenters. The van der Waals surface area contributed by atoms with Gasteiger partial charge in [0.1, 0.15) is 0 Å². The predicted octanol–water partition coefficient (Wildman–Crippen LogP) is 2.19. The zero-order valence-corrected chi connectivity index (χ0v) is 6.70. The highest BCUT2D eigenvalue weighted by Gasteiger charge is 2.03. The van der Waals surface area contributed by atoms with Gasteiger partial charge in [-0.2, -0.15) is 8.78 Å². The molecule has 0 saturated heterocycles. The summed E-state index contributed by atoms with van der Waals surface area (Å²) < 4.78 is 27.1. The Morgan fingerprint density at radius 2 is 2.45 bits per heavy atom. The smallest absolute Gasteiger partial charge is 0.317 e. The zero-order valence-electron chi connectivity index (χ0n) is 5.88. The molecule has 11 heavy (non-hydrogen) atoms. The van der Waals surface area contributed by atoms with Crippen LogP contribution in [0.3, 0.4) is 0 Å². The first-order valence-corrected chi connectivity index (χ1v) is 3.81. The van der Waals surface area contributed by atoms with Crippen molar-refractivity contribution >= 4 is 11.3 Å². The number of hydrogen-bond acceptors (Lipinski definition) is 3. The summed E-state index contributed by atoms with van der Waals surface area (Å²) in [6.45, 7) is -0.933. The Balaban J connectivity index is 2.39.